The van der Waals surface area contributed by atoms with Crippen molar-refractivity contribution in [2.24, 2.45) is 0 Å². The minimum absolute atomic E-state index is 0.0127. The number of fused-ring (bicyclic) bond motifs is 1. The summed E-state index contributed by atoms with van der Waals surface area (Å²) in [5, 5.41) is 11.6. The number of hydrogen-bond donors (Lipinski definition) is 1. The van der Waals surface area contributed by atoms with Gasteiger partial charge in [-0.15, -0.1) is 5.10 Å². The lowest BCUT2D eigenvalue weighted by atomic mass is 9.97. The molecule has 8 nitrogen and oxygen atoms in total. The summed E-state index contributed by atoms with van der Waals surface area (Å²) in [5.41, 5.74) is 3.07. The number of amides is 2. The summed E-state index contributed by atoms with van der Waals surface area (Å²) < 4.78 is 7.51. The van der Waals surface area contributed by atoms with E-state index in [4.69, 9.17) is 4.74 Å². The Kier molecular flexibility index (Phi) is 8.04. The van der Waals surface area contributed by atoms with Gasteiger partial charge in [-0.25, -0.2) is 4.68 Å². The number of aryl methyl sites for hydroxylation is 1. The van der Waals surface area contributed by atoms with E-state index >= 15 is 0 Å². The van der Waals surface area contributed by atoms with E-state index in [1.165, 1.54) is 5.56 Å². The van der Waals surface area contributed by atoms with Crippen molar-refractivity contribution in [3.8, 4) is 0 Å². The fourth-order valence-corrected chi connectivity index (χ4v) is 4.51. The highest BCUT2D eigenvalue weighted by Gasteiger charge is 2.36. The third-order valence-electron chi connectivity index (χ3n) is 7.06. The number of benzene rings is 2. The SMILES string of the molecule is CCc1ccc(C(C(=O)NC(C)(C)CC)N(CC2CCCO2)C(=O)Cn2nnc3ccccc32)cc1. The van der Waals surface area contributed by atoms with E-state index in [-0.39, 0.29) is 24.5 Å². The van der Waals surface area contributed by atoms with Crippen LogP contribution in [-0.2, 0) is 27.3 Å². The van der Waals surface area contributed by atoms with Crippen LogP contribution in [0.15, 0.2) is 48.5 Å². The lowest BCUT2D eigenvalue weighted by Gasteiger charge is -2.35. The van der Waals surface area contributed by atoms with Crippen LogP contribution in [0.5, 0.6) is 0 Å². The van der Waals surface area contributed by atoms with Gasteiger partial charge in [-0.1, -0.05) is 55.5 Å². The first-order valence-corrected chi connectivity index (χ1v) is 12.9. The van der Waals surface area contributed by atoms with E-state index in [0.29, 0.717) is 13.2 Å². The number of carbonyl (C=O) groups is 2. The van der Waals surface area contributed by atoms with Crippen molar-refractivity contribution in [2.75, 3.05) is 13.2 Å². The molecule has 0 bridgehead atoms. The van der Waals surface area contributed by atoms with Crippen molar-refractivity contribution in [3.63, 3.8) is 0 Å². The van der Waals surface area contributed by atoms with Crippen LogP contribution in [0.25, 0.3) is 11.0 Å². The minimum Gasteiger partial charge on any atom is -0.376 e. The molecule has 36 heavy (non-hydrogen) atoms. The highest BCUT2D eigenvalue weighted by molar-refractivity contribution is 5.89. The van der Waals surface area contributed by atoms with E-state index in [9.17, 15) is 9.59 Å². The molecular weight excluding hydrogens is 454 g/mol. The molecule has 1 saturated heterocycles. The number of para-hydroxylation sites is 1. The molecule has 0 saturated carbocycles. The third-order valence-corrected chi connectivity index (χ3v) is 7.06. The second-order valence-corrected chi connectivity index (χ2v) is 10.1. The molecule has 8 heteroatoms. The third kappa shape index (κ3) is 5.93. The molecule has 2 amide bonds. The summed E-state index contributed by atoms with van der Waals surface area (Å²) in [5.74, 6) is -0.393. The zero-order chi connectivity index (χ0) is 25.7. The summed E-state index contributed by atoms with van der Waals surface area (Å²) in [6, 6.07) is 14.7. The Bertz CT molecular complexity index is 1180. The molecule has 1 aliphatic rings. The van der Waals surface area contributed by atoms with E-state index in [0.717, 1.165) is 42.3 Å². The molecule has 1 aliphatic heterocycles. The summed E-state index contributed by atoms with van der Waals surface area (Å²) in [4.78, 5) is 29.4. The normalized spacial score (nSPS) is 16.7. The Hall–Kier alpha value is -3.26. The molecule has 0 spiro atoms. The molecule has 3 aromatic rings. The van der Waals surface area contributed by atoms with Crippen LogP contribution < -0.4 is 5.32 Å². The fraction of sp³-hybridized carbons (Fsp3) is 0.500. The quantitative estimate of drug-likeness (QED) is 0.462. The molecule has 0 aliphatic carbocycles. The van der Waals surface area contributed by atoms with Crippen LogP contribution in [0.3, 0.4) is 0 Å². The largest absolute Gasteiger partial charge is 0.376 e. The van der Waals surface area contributed by atoms with Gasteiger partial charge in [0.15, 0.2) is 0 Å². The molecule has 2 heterocycles. The van der Waals surface area contributed by atoms with Crippen LogP contribution in [0.1, 0.15) is 64.1 Å². The molecule has 1 N–H and O–H groups in total. The molecule has 2 aromatic carbocycles. The molecular formula is C28H37N5O3. The topological polar surface area (TPSA) is 89.4 Å². The molecule has 2 unspecified atom stereocenters. The van der Waals surface area contributed by atoms with Gasteiger partial charge in [0.1, 0.15) is 18.1 Å². The first-order valence-electron chi connectivity index (χ1n) is 12.9. The number of hydrogen-bond acceptors (Lipinski definition) is 5. The average molecular weight is 492 g/mol. The maximum absolute atomic E-state index is 13.9. The molecule has 1 fully saturated rings. The lowest BCUT2D eigenvalue weighted by Crippen LogP contribution is -2.52. The van der Waals surface area contributed by atoms with Crippen LogP contribution in [0, 0.1) is 0 Å². The number of carbonyl (C=O) groups excluding carboxylic acids is 2. The van der Waals surface area contributed by atoms with Crippen molar-refractivity contribution in [1.82, 2.24) is 25.2 Å². The van der Waals surface area contributed by atoms with Crippen LogP contribution in [0.4, 0.5) is 0 Å². The van der Waals surface area contributed by atoms with Gasteiger partial charge in [-0.3, -0.25) is 9.59 Å². The Morgan fingerprint density at radius 3 is 2.58 bits per heavy atom. The Balaban J connectivity index is 1.71. The summed E-state index contributed by atoms with van der Waals surface area (Å²) in [7, 11) is 0. The van der Waals surface area contributed by atoms with Gasteiger partial charge in [0.25, 0.3) is 0 Å². The van der Waals surface area contributed by atoms with E-state index in [2.05, 4.69) is 22.6 Å². The van der Waals surface area contributed by atoms with E-state index in [1.807, 2.05) is 69.3 Å². The van der Waals surface area contributed by atoms with Gasteiger partial charge in [0.05, 0.1) is 11.6 Å². The van der Waals surface area contributed by atoms with Crippen LogP contribution in [-0.4, -0.2) is 56.5 Å². The van der Waals surface area contributed by atoms with Gasteiger partial charge in [0.2, 0.25) is 11.8 Å². The van der Waals surface area contributed by atoms with Gasteiger partial charge in [0, 0.05) is 18.7 Å². The van der Waals surface area contributed by atoms with Crippen molar-refractivity contribution in [3.05, 3.63) is 59.7 Å². The minimum atomic E-state index is -0.784. The first-order chi connectivity index (χ1) is 17.3. The Morgan fingerprint density at radius 1 is 1.17 bits per heavy atom. The highest BCUT2D eigenvalue weighted by Crippen LogP contribution is 2.27. The number of ether oxygens (including phenoxy) is 1. The maximum Gasteiger partial charge on any atom is 0.247 e. The maximum atomic E-state index is 13.9. The fourth-order valence-electron chi connectivity index (χ4n) is 4.51. The zero-order valence-corrected chi connectivity index (χ0v) is 21.7. The molecule has 1 aromatic heterocycles. The average Bonchev–Trinajstić information content (AvgIpc) is 3.54. The summed E-state index contributed by atoms with van der Waals surface area (Å²) >= 11 is 0. The number of nitrogens with zero attached hydrogens (tertiary/aromatic N) is 4. The zero-order valence-electron chi connectivity index (χ0n) is 21.7. The second kappa shape index (κ2) is 11.2. The van der Waals surface area contributed by atoms with Crippen LogP contribution in [0.2, 0.25) is 0 Å². The number of rotatable bonds is 10. The van der Waals surface area contributed by atoms with E-state index in [1.54, 1.807) is 9.58 Å². The summed E-state index contributed by atoms with van der Waals surface area (Å²) in [6.07, 6.45) is 3.37. The Labute approximate surface area is 213 Å². The van der Waals surface area contributed by atoms with Crippen molar-refractivity contribution < 1.29 is 14.3 Å². The second-order valence-electron chi connectivity index (χ2n) is 10.1. The lowest BCUT2D eigenvalue weighted by molar-refractivity contribution is -0.144. The van der Waals surface area contributed by atoms with Crippen LogP contribution >= 0.6 is 0 Å². The highest BCUT2D eigenvalue weighted by atomic mass is 16.5. The van der Waals surface area contributed by atoms with Gasteiger partial charge >= 0.3 is 0 Å². The van der Waals surface area contributed by atoms with Crippen molar-refractivity contribution in [1.29, 1.82) is 0 Å². The van der Waals surface area contributed by atoms with Gasteiger partial charge in [-0.2, -0.15) is 0 Å². The molecule has 2 atom stereocenters. The summed E-state index contributed by atoms with van der Waals surface area (Å²) in [6.45, 7) is 9.12. The molecule has 0 radical (unpaired) electrons. The van der Waals surface area contributed by atoms with Crippen molar-refractivity contribution >= 4 is 22.8 Å². The van der Waals surface area contributed by atoms with Gasteiger partial charge < -0.3 is 15.0 Å². The smallest absolute Gasteiger partial charge is 0.247 e. The van der Waals surface area contributed by atoms with Gasteiger partial charge in [-0.05, 0) is 62.8 Å². The molecule has 4 rings (SSSR count). The monoisotopic (exact) mass is 491 g/mol. The van der Waals surface area contributed by atoms with E-state index < -0.39 is 11.6 Å². The predicted molar refractivity (Wildman–Crippen MR) is 139 cm³/mol. The Morgan fingerprint density at radius 2 is 1.92 bits per heavy atom. The molecule has 192 valence electrons. The number of nitrogens with one attached hydrogen (secondary N) is 1. The standard InChI is InChI=1S/C28H37N5O3/c1-5-20-13-15-21(16-14-20)26(27(35)29-28(3,4)6-2)32(18-22-10-9-17-36-22)25(34)19-33-24-12-8-7-11-23(24)30-31-33/h7-8,11-16,22,26H,5-6,9-10,17-19H2,1-4H3,(H,29,35). The first kappa shape index (κ1) is 25.8. The predicted octanol–water partition coefficient (Wildman–Crippen LogP) is 4.05. The van der Waals surface area contributed by atoms with Crippen molar-refractivity contribution in [2.45, 2.75) is 77.6 Å². The number of aromatic nitrogens is 3.